The van der Waals surface area contributed by atoms with Gasteiger partial charge in [0.1, 0.15) is 75.4 Å². The van der Waals surface area contributed by atoms with Crippen LogP contribution in [0, 0.1) is 0 Å². The zero-order valence-electron chi connectivity index (χ0n) is 53.5. The molecule has 0 bridgehead atoms. The zero-order chi connectivity index (χ0) is 67.5. The quantitative estimate of drug-likeness (QED) is 0.104. The Morgan fingerprint density at radius 2 is 0.810 bits per heavy atom. The molecule has 6 heterocycles. The third-order valence-corrected chi connectivity index (χ3v) is 16.2. The van der Waals surface area contributed by atoms with E-state index in [0.717, 1.165) is 112 Å². The molecule has 10 aromatic carbocycles. The smallest absolute Gasteiger partial charge is 0.295 e. The molecule has 100 heavy (non-hydrogen) atoms. The van der Waals surface area contributed by atoms with Crippen molar-refractivity contribution in [1.82, 2.24) is 60.5 Å². The minimum atomic E-state index is -0.422. The number of azo groups is 1. The number of para-hydroxylation sites is 4. The van der Waals surface area contributed by atoms with Crippen molar-refractivity contribution in [2.45, 2.75) is 39.6 Å². The molecule has 3 aliphatic rings. The first-order valence-electron chi connectivity index (χ1n) is 31.8. The Labute approximate surface area is 567 Å². The summed E-state index contributed by atoms with van der Waals surface area (Å²) in [6, 6.07) is 76.0. The van der Waals surface area contributed by atoms with Gasteiger partial charge < -0.3 is 14.5 Å². The van der Waals surface area contributed by atoms with Crippen LogP contribution < -0.4 is 0 Å². The van der Waals surface area contributed by atoms with Gasteiger partial charge >= 0.3 is 0 Å². The first-order chi connectivity index (χ1) is 49.1. The van der Waals surface area contributed by atoms with Crippen LogP contribution in [0.1, 0.15) is 76.0 Å². The Bertz CT molecular complexity index is 5930. The number of H-pyrrole nitrogens is 1. The SMILES string of the molecule is CC(C)(C)O/N=C1/c2ccccc2-c2nc3ccccc3nc21.O=C(N=Nc1c2ccccc2c2nc3no[nH]c3nc12)c1ccccc1.c1ccc(CO/N=C2/c3ccccc3-c3nc4ccccc4nc32)cc1.c1ccc(CO/N=C2/c3ccccc3-c3nc4nonc4nc32)cc1. The van der Waals surface area contributed by atoms with Gasteiger partial charge in [-0.05, 0) is 83.8 Å². The Hall–Kier alpha value is -13.8. The molecular formula is C77H53N17O6. The number of carbonyl (C=O) groups is 1. The van der Waals surface area contributed by atoms with Crippen LogP contribution in [0.4, 0.5) is 5.69 Å². The maximum absolute atomic E-state index is 12.3. The highest BCUT2D eigenvalue weighted by atomic mass is 16.6. The summed E-state index contributed by atoms with van der Waals surface area (Å²) in [5.74, 6) is -0.422. The Morgan fingerprint density at radius 1 is 0.400 bits per heavy atom. The van der Waals surface area contributed by atoms with Crippen molar-refractivity contribution in [1.29, 1.82) is 0 Å². The van der Waals surface area contributed by atoms with Crippen LogP contribution >= 0.6 is 0 Å². The number of oxime groups is 3. The summed E-state index contributed by atoms with van der Waals surface area (Å²) < 4.78 is 9.51. The van der Waals surface area contributed by atoms with Crippen LogP contribution in [0.2, 0.25) is 0 Å². The van der Waals surface area contributed by atoms with Crippen molar-refractivity contribution < 1.29 is 28.6 Å². The number of rotatable bonds is 9. The summed E-state index contributed by atoms with van der Waals surface area (Å²) in [5.41, 5.74) is 21.6. The van der Waals surface area contributed by atoms with Gasteiger partial charge in [-0.3, -0.25) is 9.42 Å². The van der Waals surface area contributed by atoms with Gasteiger partial charge in [-0.1, -0.05) is 216 Å². The molecule has 0 saturated heterocycles. The molecule has 23 heteroatoms. The summed E-state index contributed by atoms with van der Waals surface area (Å²) in [6.45, 7) is 6.73. The van der Waals surface area contributed by atoms with Gasteiger partial charge in [0.25, 0.3) is 5.91 Å². The second-order valence-electron chi connectivity index (χ2n) is 24.0. The van der Waals surface area contributed by atoms with Gasteiger partial charge in [0.05, 0.1) is 33.5 Å². The third kappa shape index (κ3) is 12.1. The first-order valence-corrected chi connectivity index (χ1v) is 31.8. The van der Waals surface area contributed by atoms with Crippen LogP contribution in [-0.2, 0) is 27.7 Å². The van der Waals surface area contributed by atoms with Crippen molar-refractivity contribution in [2.24, 2.45) is 25.7 Å². The first kappa shape index (κ1) is 61.1. The van der Waals surface area contributed by atoms with E-state index in [1.807, 2.05) is 221 Å². The summed E-state index contributed by atoms with van der Waals surface area (Å²) in [7, 11) is 0. The molecule has 23 nitrogen and oxygen atoms in total. The monoisotopic (exact) mass is 1310 g/mol. The van der Waals surface area contributed by atoms with Gasteiger partial charge in [0.15, 0.2) is 0 Å². The van der Waals surface area contributed by atoms with E-state index >= 15 is 0 Å². The number of carbonyl (C=O) groups excluding carboxylic acids is 1. The summed E-state index contributed by atoms with van der Waals surface area (Å²) in [4.78, 5) is 66.3. The molecule has 16 aromatic rings. The Morgan fingerprint density at radius 3 is 1.32 bits per heavy atom. The van der Waals surface area contributed by atoms with Crippen LogP contribution in [-0.4, -0.2) is 89.1 Å². The summed E-state index contributed by atoms with van der Waals surface area (Å²) in [5, 5.41) is 36.8. The number of nitrogens with zero attached hydrogens (tertiary/aromatic N) is 16. The molecule has 0 spiro atoms. The standard InChI is InChI=1S/C22H15N3O.C19H17N3O.C18H10N6O2.C18H11N5O2/c1-2-8-15(9-3-1)14-26-25-21-17-11-5-4-10-16(17)20-22(21)24-19-13-7-6-12-18(19)23-20;1-19(2,3)23-22-17-13-9-5-4-8-12(13)16-18(17)21-15-11-7-6-10-14(15)20-16;25-18(10-6-2-1-3-7-10)22-21-14-12-9-5-4-8-11(12)13-15(14)20-17-16(19-13)23-26-24-17;1-2-6-11(7-3-1)10-24-21-15-13-9-5-4-8-12(13)14-16(15)20-18-17(19-14)22-25-23-18/h1-13H,14H2;4-11H,1-3H3;1-9H,(H,20,24);1-9H,10H2/b25-21-;22-17-;;21-15-. The van der Waals surface area contributed by atoms with Crippen LogP contribution in [0.3, 0.4) is 0 Å². The molecule has 1 N–H and O–H groups in total. The van der Waals surface area contributed by atoms with Crippen molar-refractivity contribution in [3.05, 3.63) is 287 Å². The molecular weight excluding hydrogens is 1260 g/mol. The van der Waals surface area contributed by atoms with Crippen molar-refractivity contribution in [3.63, 3.8) is 0 Å². The van der Waals surface area contributed by atoms with Crippen molar-refractivity contribution in [2.75, 3.05) is 0 Å². The van der Waals surface area contributed by atoms with Gasteiger partial charge in [0, 0.05) is 49.7 Å². The maximum atomic E-state index is 12.3. The molecule has 0 atom stereocenters. The average Bonchev–Trinajstić information content (AvgIpc) is 1.62. The fourth-order valence-electron chi connectivity index (χ4n) is 11.6. The molecule has 6 aromatic heterocycles. The molecule has 1 amide bonds. The molecule has 0 radical (unpaired) electrons. The number of hydrogen-bond donors (Lipinski definition) is 1. The molecule has 0 aliphatic heterocycles. The fraction of sp³-hybridized carbons (Fsp3) is 0.0779. The third-order valence-electron chi connectivity index (χ3n) is 16.2. The number of benzene rings is 9. The summed E-state index contributed by atoms with van der Waals surface area (Å²) in [6.07, 6.45) is 0. The number of hydrogen-bond acceptors (Lipinski definition) is 21. The lowest BCUT2D eigenvalue weighted by molar-refractivity contribution is 0.00117. The number of aromatic nitrogens is 12. The second-order valence-corrected chi connectivity index (χ2v) is 24.0. The minimum absolute atomic E-state index is 0.349. The van der Waals surface area contributed by atoms with E-state index < -0.39 is 5.91 Å². The molecule has 0 fully saturated rings. The second kappa shape index (κ2) is 26.4. The highest BCUT2D eigenvalue weighted by Crippen LogP contribution is 2.41. The van der Waals surface area contributed by atoms with E-state index in [2.05, 4.69) is 78.4 Å². The van der Waals surface area contributed by atoms with Gasteiger partial charge in [0.2, 0.25) is 22.6 Å². The highest BCUT2D eigenvalue weighted by Gasteiger charge is 2.33. The minimum Gasteiger partial charge on any atom is -0.390 e. The zero-order valence-corrected chi connectivity index (χ0v) is 53.5. The number of fused-ring (bicyclic) bond motifs is 16. The lowest BCUT2D eigenvalue weighted by atomic mass is 10.1. The van der Waals surface area contributed by atoms with Crippen molar-refractivity contribution >= 4 is 95.2 Å². The highest BCUT2D eigenvalue weighted by molar-refractivity contribution is 6.25. The van der Waals surface area contributed by atoms with E-state index in [-0.39, 0.29) is 5.60 Å². The molecule has 482 valence electrons. The fourth-order valence-corrected chi connectivity index (χ4v) is 11.6. The van der Waals surface area contributed by atoms with E-state index in [0.29, 0.717) is 75.2 Å². The van der Waals surface area contributed by atoms with E-state index in [1.54, 1.807) is 24.3 Å². The lowest BCUT2D eigenvalue weighted by Gasteiger charge is -2.16. The summed E-state index contributed by atoms with van der Waals surface area (Å²) >= 11 is 0. The van der Waals surface area contributed by atoms with Gasteiger partial charge in [-0.2, -0.15) is 5.16 Å². The lowest BCUT2D eigenvalue weighted by Crippen LogP contribution is -2.17. The predicted octanol–water partition coefficient (Wildman–Crippen LogP) is 15.9. The molecule has 3 aliphatic carbocycles. The topological polar surface area (TPSA) is 290 Å². The van der Waals surface area contributed by atoms with E-state index in [1.165, 1.54) is 0 Å². The average molecular weight is 1310 g/mol. The maximum Gasteiger partial charge on any atom is 0.295 e. The largest absolute Gasteiger partial charge is 0.390 e. The van der Waals surface area contributed by atoms with Crippen LogP contribution in [0.25, 0.3) is 100 Å². The van der Waals surface area contributed by atoms with E-state index in [4.69, 9.17) is 43.7 Å². The predicted molar refractivity (Wildman–Crippen MR) is 377 cm³/mol. The molecule has 0 unspecified atom stereocenters. The Kier molecular flexibility index (Phi) is 16.1. The number of amides is 1. The van der Waals surface area contributed by atoms with Gasteiger partial charge in [-0.25, -0.2) is 44.5 Å². The Balaban J connectivity index is 0.000000104. The molecule has 0 saturated carbocycles. The van der Waals surface area contributed by atoms with Crippen LogP contribution in [0.15, 0.2) is 272 Å². The van der Waals surface area contributed by atoms with Crippen molar-refractivity contribution in [3.8, 4) is 33.8 Å². The van der Waals surface area contributed by atoms with Gasteiger partial charge in [-0.15, -0.1) is 10.2 Å². The van der Waals surface area contributed by atoms with E-state index in [9.17, 15) is 4.79 Å². The molecule has 19 rings (SSSR count). The van der Waals surface area contributed by atoms with Crippen LogP contribution in [0.5, 0.6) is 0 Å². The number of aromatic amines is 1. The normalized spacial score (nSPS) is 13.5. The number of nitrogens with one attached hydrogen (secondary N) is 1.